The van der Waals surface area contributed by atoms with Crippen molar-refractivity contribution in [3.8, 4) is 0 Å². The first-order valence-electron chi connectivity index (χ1n) is 5.18. The van der Waals surface area contributed by atoms with Gasteiger partial charge < -0.3 is 16.4 Å². The molecule has 2 aliphatic rings. The zero-order chi connectivity index (χ0) is 11.8. The molecule has 2 rings (SSSR count). The van der Waals surface area contributed by atoms with Crippen molar-refractivity contribution in [2.45, 2.75) is 18.4 Å². The van der Waals surface area contributed by atoms with E-state index in [0.717, 1.165) is 4.90 Å². The summed E-state index contributed by atoms with van der Waals surface area (Å²) in [6.45, 7) is 1.01. The van der Waals surface area contributed by atoms with Crippen molar-refractivity contribution in [1.29, 1.82) is 0 Å². The van der Waals surface area contributed by atoms with E-state index in [1.807, 2.05) is 0 Å². The van der Waals surface area contributed by atoms with E-state index in [1.165, 1.54) is 0 Å². The van der Waals surface area contributed by atoms with Crippen LogP contribution in [-0.2, 0) is 9.59 Å². The van der Waals surface area contributed by atoms with E-state index in [4.69, 9.17) is 5.73 Å². The van der Waals surface area contributed by atoms with Crippen LogP contribution in [0.4, 0.5) is 4.79 Å². The predicted molar refractivity (Wildman–Crippen MR) is 54.3 cm³/mol. The Balaban J connectivity index is 2.17. The average Bonchev–Trinajstić information content (AvgIpc) is 2.44. The van der Waals surface area contributed by atoms with Gasteiger partial charge >= 0.3 is 6.03 Å². The van der Waals surface area contributed by atoms with E-state index in [2.05, 4.69) is 10.6 Å². The number of nitrogens with zero attached hydrogens (tertiary/aromatic N) is 1. The minimum atomic E-state index is -0.822. The molecule has 2 fully saturated rings. The lowest BCUT2D eigenvalue weighted by molar-refractivity contribution is -0.135. The molecule has 0 saturated carbocycles. The van der Waals surface area contributed by atoms with Gasteiger partial charge in [0.05, 0.1) is 0 Å². The fraction of sp³-hybridized carbons (Fsp3) is 0.667. The van der Waals surface area contributed by atoms with Gasteiger partial charge in [-0.1, -0.05) is 0 Å². The highest BCUT2D eigenvalue weighted by molar-refractivity contribution is 6.09. The fourth-order valence-electron chi connectivity index (χ4n) is 2.17. The highest BCUT2D eigenvalue weighted by Gasteiger charge is 2.51. The lowest BCUT2D eigenvalue weighted by Gasteiger charge is -2.30. The van der Waals surface area contributed by atoms with Crippen LogP contribution in [0.15, 0.2) is 0 Å². The van der Waals surface area contributed by atoms with Gasteiger partial charge in [0.1, 0.15) is 12.1 Å². The fourth-order valence-corrected chi connectivity index (χ4v) is 2.17. The third-order valence-corrected chi connectivity index (χ3v) is 3.02. The summed E-state index contributed by atoms with van der Waals surface area (Å²) < 4.78 is 0. The largest absolute Gasteiger partial charge is 0.368 e. The molecular weight excluding hydrogens is 212 g/mol. The molecule has 0 aromatic carbocycles. The Kier molecular flexibility index (Phi) is 2.55. The second-order valence-electron chi connectivity index (χ2n) is 4.12. The first kappa shape index (κ1) is 10.9. The number of nitrogens with one attached hydrogen (secondary N) is 2. The molecule has 0 atom stereocenters. The minimum Gasteiger partial charge on any atom is -0.368 e. The summed E-state index contributed by atoms with van der Waals surface area (Å²) in [5.41, 5.74) is 4.17. The van der Waals surface area contributed by atoms with E-state index in [9.17, 15) is 14.4 Å². The molecule has 7 nitrogen and oxygen atoms in total. The lowest BCUT2D eigenvalue weighted by Crippen LogP contribution is -2.54. The van der Waals surface area contributed by atoms with E-state index in [1.54, 1.807) is 0 Å². The number of primary amides is 1. The molecule has 0 radical (unpaired) electrons. The normalized spacial score (nSPS) is 23.6. The molecule has 4 amide bonds. The summed E-state index contributed by atoms with van der Waals surface area (Å²) in [4.78, 5) is 35.2. The van der Waals surface area contributed by atoms with Crippen molar-refractivity contribution >= 4 is 17.8 Å². The monoisotopic (exact) mass is 226 g/mol. The van der Waals surface area contributed by atoms with Crippen LogP contribution in [0, 0.1) is 0 Å². The number of rotatable bonds is 2. The molecule has 2 saturated heterocycles. The second-order valence-corrected chi connectivity index (χ2v) is 4.12. The quantitative estimate of drug-likeness (QED) is 0.480. The van der Waals surface area contributed by atoms with Crippen molar-refractivity contribution in [3.05, 3.63) is 0 Å². The lowest BCUT2D eigenvalue weighted by atomic mass is 9.88. The molecule has 0 aromatic heterocycles. The minimum absolute atomic E-state index is 0.335. The number of hydrogen-bond donors (Lipinski definition) is 3. The Labute approximate surface area is 92.3 Å². The third kappa shape index (κ3) is 1.63. The molecule has 1 spiro atoms. The topological polar surface area (TPSA) is 105 Å². The van der Waals surface area contributed by atoms with Crippen LogP contribution in [0.3, 0.4) is 0 Å². The Bertz CT molecular complexity index is 349. The molecule has 2 heterocycles. The van der Waals surface area contributed by atoms with Gasteiger partial charge in [-0.3, -0.25) is 14.5 Å². The van der Waals surface area contributed by atoms with Crippen LogP contribution in [0.2, 0.25) is 0 Å². The van der Waals surface area contributed by atoms with Crippen LogP contribution < -0.4 is 16.4 Å². The predicted octanol–water partition coefficient (Wildman–Crippen LogP) is -1.85. The summed E-state index contributed by atoms with van der Waals surface area (Å²) in [5, 5.41) is 5.78. The van der Waals surface area contributed by atoms with Gasteiger partial charge in [0.25, 0.3) is 5.91 Å². The summed E-state index contributed by atoms with van der Waals surface area (Å²) in [5.74, 6) is -1.02. The highest BCUT2D eigenvalue weighted by Crippen LogP contribution is 2.26. The van der Waals surface area contributed by atoms with E-state index in [0.29, 0.717) is 25.9 Å². The number of carbonyl (C=O) groups is 3. The number of piperidine rings is 1. The molecule has 2 aliphatic heterocycles. The standard InChI is InChI=1S/C9H14N4O3/c10-6(14)5-13-7(15)9(12-8(13)16)1-3-11-4-2-9/h11H,1-5H2,(H2,10,14)(H,12,16). The smallest absolute Gasteiger partial charge is 0.325 e. The molecule has 16 heavy (non-hydrogen) atoms. The number of carbonyl (C=O) groups excluding carboxylic acids is 3. The van der Waals surface area contributed by atoms with Crippen molar-refractivity contribution in [2.24, 2.45) is 5.73 Å². The maximum absolute atomic E-state index is 12.0. The van der Waals surface area contributed by atoms with Crippen molar-refractivity contribution in [2.75, 3.05) is 19.6 Å². The van der Waals surface area contributed by atoms with E-state index >= 15 is 0 Å². The van der Waals surface area contributed by atoms with Crippen molar-refractivity contribution in [1.82, 2.24) is 15.5 Å². The molecule has 88 valence electrons. The summed E-state index contributed by atoms with van der Waals surface area (Å²) in [7, 11) is 0. The Hall–Kier alpha value is -1.63. The van der Waals surface area contributed by atoms with E-state index in [-0.39, 0.29) is 12.5 Å². The number of hydrogen-bond acceptors (Lipinski definition) is 4. The zero-order valence-corrected chi connectivity index (χ0v) is 8.78. The number of amides is 4. The van der Waals surface area contributed by atoms with Crippen LogP contribution in [0.5, 0.6) is 0 Å². The Morgan fingerprint density at radius 1 is 1.38 bits per heavy atom. The van der Waals surface area contributed by atoms with Crippen LogP contribution in [0.25, 0.3) is 0 Å². The molecule has 4 N–H and O–H groups in total. The maximum atomic E-state index is 12.0. The van der Waals surface area contributed by atoms with Crippen molar-refractivity contribution in [3.63, 3.8) is 0 Å². The molecule has 0 unspecified atom stereocenters. The third-order valence-electron chi connectivity index (χ3n) is 3.02. The zero-order valence-electron chi connectivity index (χ0n) is 8.78. The van der Waals surface area contributed by atoms with Gasteiger partial charge in [-0.15, -0.1) is 0 Å². The summed E-state index contributed by atoms with van der Waals surface area (Å²) >= 11 is 0. The van der Waals surface area contributed by atoms with Gasteiger partial charge in [0, 0.05) is 0 Å². The van der Waals surface area contributed by atoms with E-state index < -0.39 is 17.5 Å². The highest BCUT2D eigenvalue weighted by atomic mass is 16.2. The van der Waals surface area contributed by atoms with Gasteiger partial charge in [-0.25, -0.2) is 4.79 Å². The van der Waals surface area contributed by atoms with Gasteiger partial charge in [0.15, 0.2) is 0 Å². The average molecular weight is 226 g/mol. The van der Waals surface area contributed by atoms with Gasteiger partial charge in [-0.2, -0.15) is 0 Å². The Morgan fingerprint density at radius 3 is 2.56 bits per heavy atom. The molecule has 0 aliphatic carbocycles. The summed E-state index contributed by atoms with van der Waals surface area (Å²) in [6, 6.07) is -0.522. The van der Waals surface area contributed by atoms with Crippen molar-refractivity contribution < 1.29 is 14.4 Å². The SMILES string of the molecule is NC(=O)CN1C(=O)NC2(CCNCC2)C1=O. The maximum Gasteiger partial charge on any atom is 0.325 e. The van der Waals surface area contributed by atoms with Crippen LogP contribution in [-0.4, -0.2) is 47.9 Å². The number of urea groups is 1. The second kappa shape index (κ2) is 3.75. The number of nitrogens with two attached hydrogens (primary N) is 1. The Morgan fingerprint density at radius 2 is 2.00 bits per heavy atom. The first-order valence-corrected chi connectivity index (χ1v) is 5.18. The van der Waals surface area contributed by atoms with Crippen LogP contribution in [0.1, 0.15) is 12.8 Å². The molecular formula is C9H14N4O3. The van der Waals surface area contributed by atoms with Gasteiger partial charge in [0.2, 0.25) is 5.91 Å². The molecule has 7 heteroatoms. The molecule has 0 bridgehead atoms. The van der Waals surface area contributed by atoms with Gasteiger partial charge in [-0.05, 0) is 25.9 Å². The van der Waals surface area contributed by atoms with Crippen LogP contribution >= 0.6 is 0 Å². The first-order chi connectivity index (χ1) is 7.55. The molecule has 0 aromatic rings. The summed E-state index contributed by atoms with van der Waals surface area (Å²) in [6.07, 6.45) is 1.10. The number of imide groups is 1.